The van der Waals surface area contributed by atoms with Gasteiger partial charge in [-0.05, 0) is 19.1 Å². The fourth-order valence-corrected chi connectivity index (χ4v) is 1.41. The summed E-state index contributed by atoms with van der Waals surface area (Å²) in [6.07, 6.45) is 2.12. The highest BCUT2D eigenvalue weighted by Gasteiger charge is 2.12. The highest BCUT2D eigenvalue weighted by molar-refractivity contribution is 5.78. The topological polar surface area (TPSA) is 59.5 Å². The molecule has 0 aliphatic carbocycles. The second-order valence-corrected chi connectivity index (χ2v) is 3.87. The van der Waals surface area contributed by atoms with Gasteiger partial charge < -0.3 is 9.64 Å². The molecule has 0 aliphatic heterocycles. The van der Waals surface area contributed by atoms with Gasteiger partial charge in [0.1, 0.15) is 0 Å². The highest BCUT2D eigenvalue weighted by atomic mass is 16.5. The Morgan fingerprint density at radius 1 is 1.39 bits per heavy atom. The SMILES string of the molecule is CCOC(=O)CCN(C)C(=O)Cc1ccccn1. The Balaban J connectivity index is 2.35. The number of ether oxygens (including phenoxy) is 1. The summed E-state index contributed by atoms with van der Waals surface area (Å²) in [7, 11) is 1.67. The van der Waals surface area contributed by atoms with Crippen molar-refractivity contribution in [1.29, 1.82) is 0 Å². The average Bonchev–Trinajstić information content (AvgIpc) is 2.37. The molecule has 1 rings (SSSR count). The number of likely N-dealkylation sites (N-methyl/N-ethyl adjacent to an activating group) is 1. The van der Waals surface area contributed by atoms with Crippen molar-refractivity contribution in [2.75, 3.05) is 20.2 Å². The Kier molecular flexibility index (Phi) is 5.84. The van der Waals surface area contributed by atoms with E-state index in [2.05, 4.69) is 4.98 Å². The first kappa shape index (κ1) is 14.2. The van der Waals surface area contributed by atoms with Gasteiger partial charge in [-0.3, -0.25) is 14.6 Å². The van der Waals surface area contributed by atoms with Gasteiger partial charge in [-0.25, -0.2) is 0 Å². The molecule has 1 amide bonds. The molecule has 18 heavy (non-hydrogen) atoms. The van der Waals surface area contributed by atoms with Gasteiger partial charge in [0.05, 0.1) is 19.4 Å². The zero-order chi connectivity index (χ0) is 13.4. The van der Waals surface area contributed by atoms with E-state index in [1.165, 1.54) is 4.90 Å². The van der Waals surface area contributed by atoms with Crippen LogP contribution in [0.25, 0.3) is 0 Å². The number of esters is 1. The molecule has 0 fully saturated rings. The molecular formula is C13H18N2O3. The van der Waals surface area contributed by atoms with Gasteiger partial charge in [0, 0.05) is 25.5 Å². The monoisotopic (exact) mass is 250 g/mol. The average molecular weight is 250 g/mol. The third-order valence-corrected chi connectivity index (χ3v) is 2.44. The van der Waals surface area contributed by atoms with Gasteiger partial charge in [0.15, 0.2) is 0 Å². The molecule has 0 N–H and O–H groups in total. The predicted molar refractivity (Wildman–Crippen MR) is 66.8 cm³/mol. The molecule has 0 saturated heterocycles. The van der Waals surface area contributed by atoms with Crippen LogP contribution in [0.2, 0.25) is 0 Å². The summed E-state index contributed by atoms with van der Waals surface area (Å²) in [4.78, 5) is 28.6. The third kappa shape index (κ3) is 4.95. The molecule has 5 heteroatoms. The summed E-state index contributed by atoms with van der Waals surface area (Å²) in [5, 5.41) is 0. The van der Waals surface area contributed by atoms with E-state index < -0.39 is 0 Å². The lowest BCUT2D eigenvalue weighted by Crippen LogP contribution is -2.30. The first-order chi connectivity index (χ1) is 8.63. The molecule has 98 valence electrons. The van der Waals surface area contributed by atoms with Crippen LogP contribution in [0.5, 0.6) is 0 Å². The van der Waals surface area contributed by atoms with Gasteiger partial charge in [-0.1, -0.05) is 6.07 Å². The van der Waals surface area contributed by atoms with Crippen molar-refractivity contribution in [3.8, 4) is 0 Å². The molecule has 0 aromatic carbocycles. The van der Waals surface area contributed by atoms with Crippen LogP contribution < -0.4 is 0 Å². The molecule has 1 aromatic heterocycles. The standard InChI is InChI=1S/C13H18N2O3/c1-3-18-13(17)7-9-15(2)12(16)10-11-6-4-5-8-14-11/h4-6,8H,3,7,9-10H2,1-2H3. The molecule has 5 nitrogen and oxygen atoms in total. The van der Waals surface area contributed by atoms with Crippen LogP contribution in [-0.2, 0) is 20.7 Å². The maximum Gasteiger partial charge on any atom is 0.307 e. The Hall–Kier alpha value is -1.91. The zero-order valence-electron chi connectivity index (χ0n) is 10.8. The summed E-state index contributed by atoms with van der Waals surface area (Å²) >= 11 is 0. The number of carbonyl (C=O) groups is 2. The van der Waals surface area contributed by atoms with E-state index in [1.54, 1.807) is 32.3 Å². The lowest BCUT2D eigenvalue weighted by Gasteiger charge is -2.16. The van der Waals surface area contributed by atoms with Crippen LogP contribution in [0.4, 0.5) is 0 Å². The molecule has 0 bridgehead atoms. The molecule has 0 saturated carbocycles. The second kappa shape index (κ2) is 7.42. The predicted octanol–water partition coefficient (Wildman–Crippen LogP) is 1.04. The molecule has 1 aromatic rings. The van der Waals surface area contributed by atoms with Gasteiger partial charge >= 0.3 is 5.97 Å². The van der Waals surface area contributed by atoms with E-state index in [9.17, 15) is 9.59 Å². The van der Waals surface area contributed by atoms with Crippen molar-refractivity contribution in [2.45, 2.75) is 19.8 Å². The third-order valence-electron chi connectivity index (χ3n) is 2.44. The van der Waals surface area contributed by atoms with Crippen LogP contribution >= 0.6 is 0 Å². The van der Waals surface area contributed by atoms with Gasteiger partial charge in [-0.15, -0.1) is 0 Å². The Labute approximate surface area is 107 Å². The highest BCUT2D eigenvalue weighted by Crippen LogP contribution is 1.99. The largest absolute Gasteiger partial charge is 0.466 e. The lowest BCUT2D eigenvalue weighted by atomic mass is 10.2. The molecule has 0 spiro atoms. The number of pyridine rings is 1. The van der Waals surface area contributed by atoms with Crippen LogP contribution in [0.15, 0.2) is 24.4 Å². The van der Waals surface area contributed by atoms with Crippen LogP contribution in [0.1, 0.15) is 19.0 Å². The van der Waals surface area contributed by atoms with E-state index in [0.29, 0.717) is 13.2 Å². The normalized spacial score (nSPS) is 9.89. The van der Waals surface area contributed by atoms with Crippen molar-refractivity contribution in [1.82, 2.24) is 9.88 Å². The van der Waals surface area contributed by atoms with E-state index in [-0.39, 0.29) is 24.7 Å². The first-order valence-corrected chi connectivity index (χ1v) is 5.93. The molecule has 0 aliphatic rings. The van der Waals surface area contributed by atoms with Gasteiger partial charge in [-0.2, -0.15) is 0 Å². The van der Waals surface area contributed by atoms with Crippen LogP contribution in [-0.4, -0.2) is 42.0 Å². The zero-order valence-corrected chi connectivity index (χ0v) is 10.8. The lowest BCUT2D eigenvalue weighted by molar-refractivity contribution is -0.143. The quantitative estimate of drug-likeness (QED) is 0.708. The number of aromatic nitrogens is 1. The maximum atomic E-state index is 11.8. The number of hydrogen-bond donors (Lipinski definition) is 0. The van der Waals surface area contributed by atoms with E-state index in [1.807, 2.05) is 6.07 Å². The van der Waals surface area contributed by atoms with Crippen molar-refractivity contribution in [2.24, 2.45) is 0 Å². The minimum absolute atomic E-state index is 0.0574. The maximum absolute atomic E-state index is 11.8. The number of amides is 1. The van der Waals surface area contributed by atoms with Crippen molar-refractivity contribution < 1.29 is 14.3 Å². The van der Waals surface area contributed by atoms with E-state index in [0.717, 1.165) is 5.69 Å². The van der Waals surface area contributed by atoms with Crippen molar-refractivity contribution >= 4 is 11.9 Å². The van der Waals surface area contributed by atoms with Crippen molar-refractivity contribution in [3.05, 3.63) is 30.1 Å². The summed E-state index contributed by atoms with van der Waals surface area (Å²) in [6, 6.07) is 5.45. The molecule has 1 heterocycles. The Morgan fingerprint density at radius 3 is 2.78 bits per heavy atom. The first-order valence-electron chi connectivity index (χ1n) is 5.93. The summed E-state index contributed by atoms with van der Waals surface area (Å²) in [6.45, 7) is 2.49. The Morgan fingerprint density at radius 2 is 2.17 bits per heavy atom. The fraction of sp³-hybridized carbons (Fsp3) is 0.462. The van der Waals surface area contributed by atoms with Crippen LogP contribution in [0.3, 0.4) is 0 Å². The number of carbonyl (C=O) groups excluding carboxylic acids is 2. The number of hydrogen-bond acceptors (Lipinski definition) is 4. The summed E-state index contributed by atoms with van der Waals surface area (Å²) < 4.78 is 4.80. The minimum Gasteiger partial charge on any atom is -0.466 e. The van der Waals surface area contributed by atoms with E-state index in [4.69, 9.17) is 4.74 Å². The van der Waals surface area contributed by atoms with Gasteiger partial charge in [0.2, 0.25) is 5.91 Å². The minimum atomic E-state index is -0.282. The van der Waals surface area contributed by atoms with Gasteiger partial charge in [0.25, 0.3) is 0 Å². The number of nitrogens with zero attached hydrogens (tertiary/aromatic N) is 2. The van der Waals surface area contributed by atoms with E-state index >= 15 is 0 Å². The Bertz CT molecular complexity index is 392. The van der Waals surface area contributed by atoms with Crippen molar-refractivity contribution in [3.63, 3.8) is 0 Å². The molecule has 0 atom stereocenters. The molecule has 0 unspecified atom stereocenters. The second-order valence-electron chi connectivity index (χ2n) is 3.87. The molecular weight excluding hydrogens is 232 g/mol. The smallest absolute Gasteiger partial charge is 0.307 e. The van der Waals surface area contributed by atoms with Crippen LogP contribution in [0, 0.1) is 0 Å². The summed E-state index contributed by atoms with van der Waals surface area (Å²) in [5.41, 5.74) is 0.727. The number of rotatable bonds is 6. The fourth-order valence-electron chi connectivity index (χ4n) is 1.41. The molecule has 0 radical (unpaired) electrons. The summed E-state index contributed by atoms with van der Waals surface area (Å²) in [5.74, 6) is -0.340.